The first-order valence-corrected chi connectivity index (χ1v) is 6.40. The number of amides is 1. The van der Waals surface area contributed by atoms with Gasteiger partial charge in [0.05, 0.1) is 6.54 Å². The second kappa shape index (κ2) is 5.38. The third kappa shape index (κ3) is 3.77. The molecule has 0 bridgehead atoms. The number of carbonyl (C=O) groups is 1. The molecule has 5 nitrogen and oxygen atoms in total. The van der Waals surface area contributed by atoms with Gasteiger partial charge < -0.3 is 9.64 Å². The van der Waals surface area contributed by atoms with Crippen LogP contribution in [0.5, 0.6) is 0 Å². The van der Waals surface area contributed by atoms with Gasteiger partial charge in [0.2, 0.25) is 0 Å². The molecule has 0 aliphatic carbocycles. The minimum Gasteiger partial charge on any atom is -0.444 e. The van der Waals surface area contributed by atoms with Crippen LogP contribution in [0.2, 0.25) is 0 Å². The van der Waals surface area contributed by atoms with Crippen LogP contribution in [0.25, 0.3) is 5.57 Å². The first kappa shape index (κ1) is 13.5. The number of hydrogen-bond donors (Lipinski definition) is 0. The van der Waals surface area contributed by atoms with Crippen molar-refractivity contribution in [1.82, 2.24) is 14.9 Å². The van der Waals surface area contributed by atoms with Gasteiger partial charge in [0.15, 0.2) is 5.82 Å². The van der Waals surface area contributed by atoms with Gasteiger partial charge in [-0.2, -0.15) is 0 Å². The lowest BCUT2D eigenvalue weighted by Crippen LogP contribution is -2.39. The largest absolute Gasteiger partial charge is 0.444 e. The highest BCUT2D eigenvalue weighted by atomic mass is 16.6. The summed E-state index contributed by atoms with van der Waals surface area (Å²) >= 11 is 0. The standard InChI is InChI=1S/C14H19N3O2/c1-14(2,3)19-13(18)17-9-4-6-11(10-17)12-15-7-5-8-16-12/h5-8H,4,9-10H2,1-3H3. The SMILES string of the molecule is CC(C)(C)OC(=O)N1CCC=C(c2ncccn2)C1. The van der Waals surface area contributed by atoms with Gasteiger partial charge >= 0.3 is 6.09 Å². The van der Waals surface area contributed by atoms with Crippen molar-refractivity contribution in [2.24, 2.45) is 0 Å². The van der Waals surface area contributed by atoms with Gasteiger partial charge in [-0.15, -0.1) is 0 Å². The molecule has 1 aromatic heterocycles. The van der Waals surface area contributed by atoms with E-state index in [0.717, 1.165) is 12.0 Å². The third-order valence-corrected chi connectivity index (χ3v) is 2.66. The Kier molecular flexibility index (Phi) is 3.83. The van der Waals surface area contributed by atoms with Crippen LogP contribution in [0.3, 0.4) is 0 Å². The molecule has 0 saturated heterocycles. The average molecular weight is 261 g/mol. The first-order valence-electron chi connectivity index (χ1n) is 6.40. The third-order valence-electron chi connectivity index (χ3n) is 2.66. The topological polar surface area (TPSA) is 55.3 Å². The second-order valence-corrected chi connectivity index (χ2v) is 5.49. The molecule has 0 saturated carbocycles. The summed E-state index contributed by atoms with van der Waals surface area (Å²) in [6, 6.07) is 1.78. The smallest absolute Gasteiger partial charge is 0.410 e. The maximum atomic E-state index is 12.0. The van der Waals surface area contributed by atoms with E-state index in [2.05, 4.69) is 16.0 Å². The van der Waals surface area contributed by atoms with Crippen LogP contribution in [-0.2, 0) is 4.74 Å². The van der Waals surface area contributed by atoms with E-state index in [1.165, 1.54) is 0 Å². The minimum absolute atomic E-state index is 0.283. The van der Waals surface area contributed by atoms with Crippen molar-refractivity contribution in [2.75, 3.05) is 13.1 Å². The van der Waals surface area contributed by atoms with Gasteiger partial charge in [-0.1, -0.05) is 6.08 Å². The van der Waals surface area contributed by atoms with E-state index < -0.39 is 5.60 Å². The van der Waals surface area contributed by atoms with E-state index in [9.17, 15) is 4.79 Å². The number of rotatable bonds is 1. The van der Waals surface area contributed by atoms with Crippen molar-refractivity contribution in [3.8, 4) is 0 Å². The van der Waals surface area contributed by atoms with E-state index >= 15 is 0 Å². The highest BCUT2D eigenvalue weighted by molar-refractivity contribution is 5.73. The van der Waals surface area contributed by atoms with Crippen molar-refractivity contribution in [3.63, 3.8) is 0 Å². The van der Waals surface area contributed by atoms with Crippen LogP contribution in [-0.4, -0.2) is 39.7 Å². The maximum Gasteiger partial charge on any atom is 0.410 e. The molecule has 0 aromatic carbocycles. The molecular formula is C14H19N3O2. The molecule has 1 amide bonds. The fourth-order valence-corrected chi connectivity index (χ4v) is 1.85. The summed E-state index contributed by atoms with van der Waals surface area (Å²) in [5, 5.41) is 0. The summed E-state index contributed by atoms with van der Waals surface area (Å²) in [6.45, 7) is 6.77. The molecule has 5 heteroatoms. The Morgan fingerprint density at radius 2 is 2.00 bits per heavy atom. The van der Waals surface area contributed by atoms with Crippen molar-refractivity contribution >= 4 is 11.7 Å². The molecule has 0 N–H and O–H groups in total. The molecule has 0 atom stereocenters. The molecule has 1 aromatic rings. The van der Waals surface area contributed by atoms with Crippen LogP contribution in [0, 0.1) is 0 Å². The monoisotopic (exact) mass is 261 g/mol. The van der Waals surface area contributed by atoms with Crippen molar-refractivity contribution in [3.05, 3.63) is 30.4 Å². The summed E-state index contributed by atoms with van der Waals surface area (Å²) < 4.78 is 5.38. The van der Waals surface area contributed by atoms with Crippen LogP contribution in [0.4, 0.5) is 4.79 Å². The highest BCUT2D eigenvalue weighted by Crippen LogP contribution is 2.19. The lowest BCUT2D eigenvalue weighted by Gasteiger charge is -2.29. The van der Waals surface area contributed by atoms with Gasteiger partial charge in [0.25, 0.3) is 0 Å². The van der Waals surface area contributed by atoms with Crippen LogP contribution >= 0.6 is 0 Å². The molecule has 0 radical (unpaired) electrons. The van der Waals surface area contributed by atoms with Gasteiger partial charge in [-0.3, -0.25) is 0 Å². The highest BCUT2D eigenvalue weighted by Gasteiger charge is 2.25. The molecule has 2 rings (SSSR count). The van der Waals surface area contributed by atoms with Crippen molar-refractivity contribution in [1.29, 1.82) is 0 Å². The van der Waals surface area contributed by atoms with Crippen LogP contribution in [0.1, 0.15) is 33.0 Å². The maximum absolute atomic E-state index is 12.0. The molecule has 0 fully saturated rings. The molecule has 1 aliphatic rings. The summed E-state index contributed by atoms with van der Waals surface area (Å²) in [6.07, 6.45) is 6.00. The first-order chi connectivity index (χ1) is 8.96. The van der Waals surface area contributed by atoms with E-state index in [1.54, 1.807) is 23.4 Å². The Bertz CT molecular complexity index is 477. The zero-order valence-electron chi connectivity index (χ0n) is 11.6. The number of carbonyl (C=O) groups excluding carboxylic acids is 1. The average Bonchev–Trinajstić information content (AvgIpc) is 2.38. The molecular weight excluding hydrogens is 242 g/mol. The second-order valence-electron chi connectivity index (χ2n) is 5.49. The van der Waals surface area contributed by atoms with Crippen LogP contribution in [0.15, 0.2) is 24.5 Å². The van der Waals surface area contributed by atoms with Crippen molar-refractivity contribution in [2.45, 2.75) is 32.8 Å². The Morgan fingerprint density at radius 1 is 1.32 bits per heavy atom. The summed E-state index contributed by atoms with van der Waals surface area (Å²) in [5.41, 5.74) is 0.500. The van der Waals surface area contributed by atoms with E-state index in [0.29, 0.717) is 18.9 Å². The minimum atomic E-state index is -0.471. The Labute approximate surface area is 113 Å². The Balaban J connectivity index is 2.05. The summed E-state index contributed by atoms with van der Waals surface area (Å²) in [4.78, 5) is 22.1. The van der Waals surface area contributed by atoms with Gasteiger partial charge in [-0.05, 0) is 33.3 Å². The molecule has 2 heterocycles. The zero-order chi connectivity index (χ0) is 13.9. The van der Waals surface area contributed by atoms with Crippen LogP contribution < -0.4 is 0 Å². The molecule has 0 spiro atoms. The van der Waals surface area contributed by atoms with E-state index in [4.69, 9.17) is 4.74 Å². The predicted molar refractivity (Wildman–Crippen MR) is 72.4 cm³/mol. The van der Waals surface area contributed by atoms with Gasteiger partial charge in [0.1, 0.15) is 5.60 Å². The van der Waals surface area contributed by atoms with E-state index in [-0.39, 0.29) is 6.09 Å². The zero-order valence-corrected chi connectivity index (χ0v) is 11.6. The number of ether oxygens (including phenoxy) is 1. The van der Waals surface area contributed by atoms with E-state index in [1.807, 2.05) is 20.8 Å². The normalized spacial score (nSPS) is 15.9. The fourth-order valence-electron chi connectivity index (χ4n) is 1.85. The van der Waals surface area contributed by atoms with Crippen molar-refractivity contribution < 1.29 is 9.53 Å². The Morgan fingerprint density at radius 3 is 2.63 bits per heavy atom. The fraction of sp³-hybridized carbons (Fsp3) is 0.500. The molecule has 1 aliphatic heterocycles. The molecule has 19 heavy (non-hydrogen) atoms. The number of aromatic nitrogens is 2. The molecule has 102 valence electrons. The van der Waals surface area contributed by atoms with Gasteiger partial charge in [-0.25, -0.2) is 14.8 Å². The lowest BCUT2D eigenvalue weighted by molar-refractivity contribution is 0.0273. The Hall–Kier alpha value is -1.91. The number of nitrogens with zero attached hydrogens (tertiary/aromatic N) is 3. The number of hydrogen-bond acceptors (Lipinski definition) is 4. The quantitative estimate of drug-likeness (QED) is 0.779. The molecule has 0 unspecified atom stereocenters. The predicted octanol–water partition coefficient (Wildman–Crippen LogP) is 2.50. The summed E-state index contributed by atoms with van der Waals surface area (Å²) in [5.74, 6) is 0.677. The summed E-state index contributed by atoms with van der Waals surface area (Å²) in [7, 11) is 0. The van der Waals surface area contributed by atoms with Gasteiger partial charge in [0, 0.05) is 24.5 Å². The lowest BCUT2D eigenvalue weighted by atomic mass is 10.1.